The number of carbonyl (C=O) groups excluding carboxylic acids is 6. The first kappa shape index (κ1) is 51.8. The van der Waals surface area contributed by atoms with Crippen molar-refractivity contribution in [3.05, 3.63) is 150 Å². The highest BCUT2D eigenvalue weighted by molar-refractivity contribution is 8.00. The molecule has 0 saturated carbocycles. The van der Waals surface area contributed by atoms with Crippen LogP contribution in [0.25, 0.3) is 0 Å². The van der Waals surface area contributed by atoms with E-state index in [0.29, 0.717) is 5.56 Å². The lowest BCUT2D eigenvalue weighted by Gasteiger charge is -2.36. The highest BCUT2D eigenvalue weighted by atomic mass is 32.2. The van der Waals surface area contributed by atoms with Gasteiger partial charge in [-0.25, -0.2) is 19.2 Å². The molecule has 0 heterocycles. The van der Waals surface area contributed by atoms with Crippen LogP contribution in [0, 0.1) is 0 Å². The van der Waals surface area contributed by atoms with Gasteiger partial charge in [0.25, 0.3) is 0 Å². The number of benzene rings is 4. The number of hydrogen-bond acceptors (Lipinski definition) is 11. The first-order valence-corrected chi connectivity index (χ1v) is 22.4. The molecule has 0 aliphatic rings. The molecule has 66 heavy (non-hydrogen) atoms. The Kier molecular flexibility index (Phi) is 18.8. The first-order chi connectivity index (χ1) is 31.2. The van der Waals surface area contributed by atoms with Crippen LogP contribution < -0.4 is 26.4 Å². The number of esters is 1. The molecule has 4 aromatic rings. The molecular formula is C50H61N5O10S. The van der Waals surface area contributed by atoms with Crippen LogP contribution in [-0.4, -0.2) is 96.2 Å². The van der Waals surface area contributed by atoms with Crippen LogP contribution in [0.5, 0.6) is 5.75 Å². The van der Waals surface area contributed by atoms with E-state index in [9.17, 15) is 28.8 Å². The van der Waals surface area contributed by atoms with Gasteiger partial charge in [0, 0.05) is 25.8 Å². The molecule has 4 aromatic carbocycles. The molecule has 352 valence electrons. The molecule has 15 nitrogen and oxygen atoms in total. The maximum Gasteiger partial charge on any atom is 0.412 e. The van der Waals surface area contributed by atoms with Crippen LogP contribution in [0.15, 0.2) is 128 Å². The van der Waals surface area contributed by atoms with Crippen LogP contribution in [0.4, 0.5) is 14.4 Å². The first-order valence-electron chi connectivity index (χ1n) is 21.4. The molecule has 0 aliphatic heterocycles. The highest BCUT2D eigenvalue weighted by Crippen LogP contribution is 2.48. The third-order valence-electron chi connectivity index (χ3n) is 9.70. The number of carbonyl (C=O) groups is 6. The SMILES string of the molecule is C=CCOC(=O)C(Cc1ccc(OC(=O)NCCC(C(=O)NC(CSC(c2ccccc2)(c2ccccc2)c2ccccc2)C(N)=O)N(C)C(=O)OC(C)(C)C)cc1)NC(=O)OC(C)(C)C. The Bertz CT molecular complexity index is 2150. The van der Waals surface area contributed by atoms with Gasteiger partial charge in [-0.2, -0.15) is 0 Å². The number of hydrogen-bond donors (Lipinski definition) is 4. The quantitative estimate of drug-likeness (QED) is 0.0301. The van der Waals surface area contributed by atoms with Gasteiger partial charge in [-0.05, 0) is 82.3 Å². The zero-order chi connectivity index (χ0) is 48.5. The summed E-state index contributed by atoms with van der Waals surface area (Å²) in [6.45, 7) is 13.5. The van der Waals surface area contributed by atoms with Crippen molar-refractivity contribution in [3.8, 4) is 5.75 Å². The van der Waals surface area contributed by atoms with Gasteiger partial charge in [0.05, 0.1) is 4.75 Å². The smallest absolute Gasteiger partial charge is 0.412 e. The third kappa shape index (κ3) is 15.7. The summed E-state index contributed by atoms with van der Waals surface area (Å²) in [7, 11) is 1.39. The topological polar surface area (TPSA) is 205 Å². The van der Waals surface area contributed by atoms with Gasteiger partial charge in [0.15, 0.2) is 0 Å². The lowest BCUT2D eigenvalue weighted by molar-refractivity contribution is -0.144. The zero-order valence-corrected chi connectivity index (χ0v) is 39.4. The highest BCUT2D eigenvalue weighted by Gasteiger charge is 2.39. The summed E-state index contributed by atoms with van der Waals surface area (Å²) in [6, 6.07) is 32.3. The Morgan fingerprint density at radius 1 is 0.712 bits per heavy atom. The van der Waals surface area contributed by atoms with Crippen molar-refractivity contribution in [3.63, 3.8) is 0 Å². The number of nitrogens with two attached hydrogens (primary N) is 1. The Labute approximate surface area is 391 Å². The minimum absolute atomic E-state index is 0.0412. The largest absolute Gasteiger partial charge is 0.460 e. The molecular weight excluding hydrogens is 863 g/mol. The number of nitrogens with one attached hydrogen (secondary N) is 3. The second kappa shape index (κ2) is 23.9. The summed E-state index contributed by atoms with van der Waals surface area (Å²) in [6.07, 6.45) is -1.11. The molecule has 3 atom stereocenters. The summed E-state index contributed by atoms with van der Waals surface area (Å²) in [5, 5.41) is 7.93. The number of rotatable bonds is 20. The van der Waals surface area contributed by atoms with Gasteiger partial charge in [-0.1, -0.05) is 116 Å². The summed E-state index contributed by atoms with van der Waals surface area (Å²) >= 11 is 1.44. The van der Waals surface area contributed by atoms with Crippen molar-refractivity contribution in [1.82, 2.24) is 20.9 Å². The minimum Gasteiger partial charge on any atom is -0.460 e. The number of amides is 5. The van der Waals surface area contributed by atoms with E-state index < -0.39 is 70.1 Å². The van der Waals surface area contributed by atoms with Crippen molar-refractivity contribution in [1.29, 1.82) is 0 Å². The predicted octanol–water partition coefficient (Wildman–Crippen LogP) is 7.26. The van der Waals surface area contributed by atoms with Crippen molar-refractivity contribution in [2.24, 2.45) is 5.73 Å². The van der Waals surface area contributed by atoms with E-state index in [4.69, 9.17) is 24.7 Å². The molecule has 0 spiro atoms. The Balaban J connectivity index is 1.48. The lowest BCUT2D eigenvalue weighted by atomic mass is 9.84. The fourth-order valence-electron chi connectivity index (χ4n) is 6.67. The van der Waals surface area contributed by atoms with E-state index in [1.807, 2.05) is 91.0 Å². The predicted molar refractivity (Wildman–Crippen MR) is 254 cm³/mol. The van der Waals surface area contributed by atoms with E-state index in [0.717, 1.165) is 21.6 Å². The van der Waals surface area contributed by atoms with Gasteiger partial charge < -0.3 is 40.6 Å². The molecule has 0 radical (unpaired) electrons. The second-order valence-corrected chi connectivity index (χ2v) is 18.5. The number of primary amides is 1. The monoisotopic (exact) mass is 923 g/mol. The Hall–Kier alpha value is -6.81. The lowest BCUT2D eigenvalue weighted by Crippen LogP contribution is -2.55. The van der Waals surface area contributed by atoms with Crippen molar-refractivity contribution in [2.45, 2.75) is 88.5 Å². The average Bonchev–Trinajstić information content (AvgIpc) is 3.26. The maximum atomic E-state index is 14.2. The van der Waals surface area contributed by atoms with Crippen LogP contribution in [0.1, 0.15) is 70.2 Å². The van der Waals surface area contributed by atoms with Gasteiger partial charge in [-0.15, -0.1) is 11.8 Å². The number of likely N-dealkylation sites (N-methyl/N-ethyl adjacent to an activating group) is 1. The number of alkyl carbamates (subject to hydrolysis) is 1. The summed E-state index contributed by atoms with van der Waals surface area (Å²) in [5.41, 5.74) is 7.73. The molecule has 0 saturated heterocycles. The van der Waals surface area contributed by atoms with Crippen molar-refractivity contribution in [2.75, 3.05) is 26.0 Å². The number of nitrogens with zero attached hydrogens (tertiary/aromatic N) is 1. The molecule has 0 aliphatic carbocycles. The zero-order valence-electron chi connectivity index (χ0n) is 38.5. The van der Waals surface area contributed by atoms with Crippen LogP contribution in [-0.2, 0) is 39.8 Å². The summed E-state index contributed by atoms with van der Waals surface area (Å²) in [4.78, 5) is 80.0. The summed E-state index contributed by atoms with van der Waals surface area (Å²) in [5.74, 6) is -1.97. The van der Waals surface area contributed by atoms with E-state index >= 15 is 0 Å². The van der Waals surface area contributed by atoms with Gasteiger partial charge in [-0.3, -0.25) is 14.5 Å². The maximum absolute atomic E-state index is 14.2. The molecule has 16 heteroatoms. The molecule has 5 N–H and O–H groups in total. The van der Waals surface area contributed by atoms with E-state index in [-0.39, 0.29) is 37.5 Å². The van der Waals surface area contributed by atoms with Crippen molar-refractivity contribution < 1.29 is 47.7 Å². The van der Waals surface area contributed by atoms with Crippen LogP contribution in [0.2, 0.25) is 0 Å². The molecule has 3 unspecified atom stereocenters. The minimum atomic E-state index is -1.23. The van der Waals surface area contributed by atoms with E-state index in [2.05, 4.69) is 22.5 Å². The molecule has 0 bridgehead atoms. The number of ether oxygens (including phenoxy) is 4. The molecule has 5 amide bonds. The fourth-order valence-corrected chi connectivity index (χ4v) is 8.24. The Morgan fingerprint density at radius 2 is 1.23 bits per heavy atom. The second-order valence-electron chi connectivity index (χ2n) is 17.2. The molecule has 0 fully saturated rings. The fraction of sp³-hybridized carbons (Fsp3) is 0.360. The normalized spacial score (nSPS) is 12.8. The van der Waals surface area contributed by atoms with Gasteiger partial charge in [0.1, 0.15) is 41.7 Å². The standard InChI is InChI=1S/C50H61N5O10S/c1-9-31-62-44(58)39(54-46(60)64-48(2,3)4)32-34-25-27-38(28-26-34)63-45(59)52-30-29-41(55(8)47(61)65-49(5,6)7)43(57)53-40(42(51)56)33-66-50(35-19-13-10-14-20-35,36-21-15-11-16-22-36)37-23-17-12-18-24-37/h9-28,39-41H,1,29-33H2,2-8H3,(H2,51,56)(H,52,59)(H,53,57)(H,54,60). The van der Waals surface area contributed by atoms with Crippen LogP contribution in [0.3, 0.4) is 0 Å². The molecule has 4 rings (SSSR count). The van der Waals surface area contributed by atoms with E-state index in [1.165, 1.54) is 37.0 Å². The van der Waals surface area contributed by atoms with Crippen molar-refractivity contribution >= 4 is 47.8 Å². The Morgan fingerprint density at radius 3 is 1.70 bits per heavy atom. The van der Waals surface area contributed by atoms with Gasteiger partial charge >= 0.3 is 24.2 Å². The summed E-state index contributed by atoms with van der Waals surface area (Å²) < 4.78 is 20.7. The average molecular weight is 924 g/mol. The number of thioether (sulfide) groups is 1. The third-order valence-corrected chi connectivity index (χ3v) is 11.3. The van der Waals surface area contributed by atoms with E-state index in [1.54, 1.807) is 53.7 Å². The van der Waals surface area contributed by atoms with Crippen LogP contribution >= 0.6 is 11.8 Å². The molecule has 0 aromatic heterocycles. The van der Waals surface area contributed by atoms with Gasteiger partial charge in [0.2, 0.25) is 11.8 Å².